The summed E-state index contributed by atoms with van der Waals surface area (Å²) in [5.41, 5.74) is 1.27. The number of rotatable bonds is 9. The van der Waals surface area contributed by atoms with Gasteiger partial charge in [-0.2, -0.15) is 4.98 Å². The molecule has 1 amide bonds. The third kappa shape index (κ3) is 5.88. The van der Waals surface area contributed by atoms with Crippen LogP contribution in [-0.4, -0.2) is 22.6 Å². The minimum Gasteiger partial charge on any atom is -0.488 e. The lowest BCUT2D eigenvalue weighted by molar-refractivity contribution is 0.0948. The highest BCUT2D eigenvalue weighted by Crippen LogP contribution is 2.19. The van der Waals surface area contributed by atoms with E-state index in [0.29, 0.717) is 42.4 Å². The molecule has 1 heterocycles. The molecule has 2 aromatic carbocycles. The van der Waals surface area contributed by atoms with E-state index >= 15 is 0 Å². The smallest absolute Gasteiger partial charge is 0.255 e. The quantitative estimate of drug-likeness (QED) is 0.546. The Labute approximate surface area is 169 Å². The lowest BCUT2D eigenvalue weighted by Crippen LogP contribution is -2.25. The van der Waals surface area contributed by atoms with Gasteiger partial charge in [0.2, 0.25) is 5.89 Å². The first-order valence-electron chi connectivity index (χ1n) is 9.60. The summed E-state index contributed by atoms with van der Waals surface area (Å²) in [6, 6.07) is 13.1. The summed E-state index contributed by atoms with van der Waals surface area (Å²) in [5, 5.41) is 6.81. The number of ether oxygens (including phenoxy) is 1. The second-order valence-electron chi connectivity index (χ2n) is 6.97. The summed E-state index contributed by atoms with van der Waals surface area (Å²) in [5.74, 6) is 1.45. The maximum Gasteiger partial charge on any atom is 0.255 e. The molecular formula is C22H24FN3O3. The van der Waals surface area contributed by atoms with Gasteiger partial charge in [-0.25, -0.2) is 4.39 Å². The molecule has 7 heteroatoms. The van der Waals surface area contributed by atoms with Crippen molar-refractivity contribution in [1.82, 2.24) is 15.5 Å². The molecule has 0 aliphatic carbocycles. The van der Waals surface area contributed by atoms with Gasteiger partial charge in [-0.05, 0) is 36.2 Å². The van der Waals surface area contributed by atoms with Gasteiger partial charge in [0.05, 0.1) is 5.56 Å². The monoisotopic (exact) mass is 397 g/mol. The van der Waals surface area contributed by atoms with E-state index in [2.05, 4.69) is 15.5 Å². The number of hydrogen-bond donors (Lipinski definition) is 1. The van der Waals surface area contributed by atoms with Crippen LogP contribution in [0.3, 0.4) is 0 Å². The third-order valence-electron chi connectivity index (χ3n) is 4.29. The van der Waals surface area contributed by atoms with Crippen LogP contribution in [0.5, 0.6) is 5.75 Å². The zero-order valence-electron chi connectivity index (χ0n) is 16.5. The van der Waals surface area contributed by atoms with Crippen molar-refractivity contribution in [2.24, 2.45) is 0 Å². The second kappa shape index (κ2) is 9.82. The van der Waals surface area contributed by atoms with E-state index in [9.17, 15) is 9.18 Å². The van der Waals surface area contributed by atoms with E-state index in [0.717, 1.165) is 5.56 Å². The third-order valence-corrected chi connectivity index (χ3v) is 4.29. The van der Waals surface area contributed by atoms with Gasteiger partial charge in [0.1, 0.15) is 18.2 Å². The van der Waals surface area contributed by atoms with E-state index in [1.165, 1.54) is 12.1 Å². The fourth-order valence-electron chi connectivity index (χ4n) is 2.66. The fourth-order valence-corrected chi connectivity index (χ4v) is 2.66. The minimum atomic E-state index is -0.297. The molecule has 0 saturated carbocycles. The van der Waals surface area contributed by atoms with E-state index in [-0.39, 0.29) is 24.2 Å². The standard InChI is InChI=1S/C22H24FN3O3/c1-15(2)21-25-20(29-26-21)8-5-13-24-22(27)18-6-3-4-7-19(18)28-14-16-9-11-17(23)12-10-16/h3-4,6-7,9-12,15H,5,8,13-14H2,1-2H3,(H,24,27). The molecule has 0 unspecified atom stereocenters. The Morgan fingerprint density at radius 1 is 1.17 bits per heavy atom. The molecule has 1 N–H and O–H groups in total. The van der Waals surface area contributed by atoms with Crippen LogP contribution in [0.2, 0.25) is 0 Å². The summed E-state index contributed by atoms with van der Waals surface area (Å²) < 4.78 is 24.0. The lowest BCUT2D eigenvalue weighted by Gasteiger charge is -2.11. The first kappa shape index (κ1) is 20.5. The van der Waals surface area contributed by atoms with Gasteiger partial charge in [0, 0.05) is 18.9 Å². The van der Waals surface area contributed by atoms with Crippen LogP contribution in [0.1, 0.15) is 53.8 Å². The molecule has 1 aromatic heterocycles. The molecule has 0 saturated heterocycles. The summed E-state index contributed by atoms with van der Waals surface area (Å²) in [7, 11) is 0. The number of benzene rings is 2. The maximum absolute atomic E-state index is 13.0. The number of hydrogen-bond acceptors (Lipinski definition) is 5. The maximum atomic E-state index is 13.0. The predicted octanol–water partition coefficient (Wildman–Crippen LogP) is 4.27. The van der Waals surface area contributed by atoms with E-state index in [4.69, 9.17) is 9.26 Å². The largest absolute Gasteiger partial charge is 0.488 e. The van der Waals surface area contributed by atoms with Gasteiger partial charge in [0.25, 0.3) is 5.91 Å². The molecule has 0 spiro atoms. The topological polar surface area (TPSA) is 77.2 Å². The van der Waals surface area contributed by atoms with E-state index < -0.39 is 0 Å². The molecule has 0 fully saturated rings. The average Bonchev–Trinajstić information content (AvgIpc) is 3.20. The molecule has 0 aliphatic heterocycles. The number of carbonyl (C=O) groups excluding carboxylic acids is 1. The zero-order valence-corrected chi connectivity index (χ0v) is 16.5. The molecule has 29 heavy (non-hydrogen) atoms. The number of nitrogens with one attached hydrogen (secondary N) is 1. The van der Waals surface area contributed by atoms with Crippen molar-refractivity contribution < 1.29 is 18.4 Å². The van der Waals surface area contributed by atoms with Crippen LogP contribution in [0.15, 0.2) is 53.1 Å². The van der Waals surface area contributed by atoms with Gasteiger partial charge < -0.3 is 14.6 Å². The average molecular weight is 397 g/mol. The van der Waals surface area contributed by atoms with Crippen molar-refractivity contribution in [3.05, 3.63) is 77.2 Å². The summed E-state index contributed by atoms with van der Waals surface area (Å²) in [4.78, 5) is 16.9. The summed E-state index contributed by atoms with van der Waals surface area (Å²) in [6.45, 7) is 4.74. The molecule has 3 aromatic rings. The number of nitrogens with zero attached hydrogens (tertiary/aromatic N) is 2. The van der Waals surface area contributed by atoms with Crippen molar-refractivity contribution >= 4 is 5.91 Å². The molecule has 6 nitrogen and oxygen atoms in total. The van der Waals surface area contributed by atoms with Gasteiger partial charge in [0.15, 0.2) is 5.82 Å². The predicted molar refractivity (Wildman–Crippen MR) is 106 cm³/mol. The van der Waals surface area contributed by atoms with Crippen molar-refractivity contribution in [3.8, 4) is 5.75 Å². The first-order valence-corrected chi connectivity index (χ1v) is 9.60. The van der Waals surface area contributed by atoms with E-state index in [1.54, 1.807) is 36.4 Å². The van der Waals surface area contributed by atoms with Crippen LogP contribution in [0.4, 0.5) is 4.39 Å². The zero-order chi connectivity index (χ0) is 20.6. The number of para-hydroxylation sites is 1. The van der Waals surface area contributed by atoms with Crippen LogP contribution in [0, 0.1) is 5.82 Å². The molecule has 0 atom stereocenters. The van der Waals surface area contributed by atoms with Gasteiger partial charge in [-0.3, -0.25) is 4.79 Å². The number of aromatic nitrogens is 2. The highest BCUT2D eigenvalue weighted by Gasteiger charge is 2.13. The highest BCUT2D eigenvalue weighted by molar-refractivity contribution is 5.96. The lowest BCUT2D eigenvalue weighted by atomic mass is 10.1. The molecular weight excluding hydrogens is 373 g/mol. The molecule has 152 valence electrons. The Hall–Kier alpha value is -3.22. The normalized spacial score (nSPS) is 10.9. The van der Waals surface area contributed by atoms with Crippen molar-refractivity contribution in [1.29, 1.82) is 0 Å². The van der Waals surface area contributed by atoms with Crippen LogP contribution >= 0.6 is 0 Å². The van der Waals surface area contributed by atoms with Gasteiger partial charge in [-0.15, -0.1) is 0 Å². The Bertz CT molecular complexity index is 938. The minimum absolute atomic E-state index is 0.215. The first-order chi connectivity index (χ1) is 14.0. The molecule has 0 aliphatic rings. The van der Waals surface area contributed by atoms with Crippen molar-refractivity contribution in [2.75, 3.05) is 6.54 Å². The second-order valence-corrected chi connectivity index (χ2v) is 6.97. The Kier molecular flexibility index (Phi) is 6.94. The van der Waals surface area contributed by atoms with Crippen molar-refractivity contribution in [3.63, 3.8) is 0 Å². The SMILES string of the molecule is CC(C)c1noc(CCCNC(=O)c2ccccc2OCc2ccc(F)cc2)n1. The number of amides is 1. The highest BCUT2D eigenvalue weighted by atomic mass is 19.1. The van der Waals surface area contributed by atoms with Gasteiger partial charge >= 0.3 is 0 Å². The van der Waals surface area contributed by atoms with Crippen molar-refractivity contribution in [2.45, 2.75) is 39.2 Å². The Morgan fingerprint density at radius 2 is 1.93 bits per heavy atom. The number of carbonyl (C=O) groups is 1. The summed E-state index contributed by atoms with van der Waals surface area (Å²) in [6.07, 6.45) is 1.28. The number of halogens is 1. The fraction of sp³-hybridized carbons (Fsp3) is 0.318. The van der Waals surface area contributed by atoms with Crippen LogP contribution in [0.25, 0.3) is 0 Å². The molecule has 0 radical (unpaired) electrons. The van der Waals surface area contributed by atoms with Crippen LogP contribution in [-0.2, 0) is 13.0 Å². The Morgan fingerprint density at radius 3 is 2.66 bits per heavy atom. The summed E-state index contributed by atoms with van der Waals surface area (Å²) >= 11 is 0. The Balaban J connectivity index is 1.50. The van der Waals surface area contributed by atoms with Crippen LogP contribution < -0.4 is 10.1 Å². The van der Waals surface area contributed by atoms with Gasteiger partial charge in [-0.1, -0.05) is 43.3 Å². The molecule has 3 rings (SSSR count). The van der Waals surface area contributed by atoms with E-state index in [1.807, 2.05) is 13.8 Å². The number of aryl methyl sites for hydroxylation is 1. The molecule has 0 bridgehead atoms.